The number of likely N-dealkylation sites (N-methyl/N-ethyl adjacent to an activating group) is 1. The number of carbonyl (C=O) groups is 2. The van der Waals surface area contributed by atoms with Crippen LogP contribution >= 0.6 is 11.6 Å². The normalized spacial score (nSPS) is 10.8. The summed E-state index contributed by atoms with van der Waals surface area (Å²) in [7, 11) is -2.71. The standard InChI is InChI=1S/C24H19ClFN3O4S/c1-3-16-5-4-6-19(13-16)27-23(30)15-29(2)24(31)21-14-20(11-12-22(21)25)34(32,33)28-18-9-7-17(26)8-10-18/h1,4-14,28H,15H2,2H3,(H,27,30). The number of rotatable bonds is 7. The minimum absolute atomic E-state index is 0.0136. The fraction of sp³-hybridized carbons (Fsp3) is 0.0833. The van der Waals surface area contributed by atoms with E-state index in [9.17, 15) is 22.4 Å². The Balaban J connectivity index is 1.74. The van der Waals surface area contributed by atoms with E-state index in [0.717, 1.165) is 23.1 Å². The van der Waals surface area contributed by atoms with Gasteiger partial charge in [0.1, 0.15) is 5.82 Å². The zero-order valence-corrected chi connectivity index (χ0v) is 19.5. The van der Waals surface area contributed by atoms with Crippen LogP contribution in [0.1, 0.15) is 15.9 Å². The second-order valence-electron chi connectivity index (χ2n) is 7.19. The topological polar surface area (TPSA) is 95.6 Å². The summed E-state index contributed by atoms with van der Waals surface area (Å²) in [5.74, 6) is 0.806. The average Bonchev–Trinajstić information content (AvgIpc) is 2.80. The number of hydrogen-bond donors (Lipinski definition) is 2. The molecule has 0 atom stereocenters. The van der Waals surface area contributed by atoms with Gasteiger partial charge >= 0.3 is 0 Å². The van der Waals surface area contributed by atoms with E-state index in [2.05, 4.69) is 16.0 Å². The van der Waals surface area contributed by atoms with Crippen molar-refractivity contribution in [3.8, 4) is 12.3 Å². The summed E-state index contributed by atoms with van der Waals surface area (Å²) >= 11 is 6.14. The van der Waals surface area contributed by atoms with Crippen LogP contribution in [-0.4, -0.2) is 38.7 Å². The molecule has 0 radical (unpaired) electrons. The molecule has 0 aliphatic rings. The molecule has 0 bridgehead atoms. The predicted octanol–water partition coefficient (Wildman–Crippen LogP) is 3.97. The van der Waals surface area contributed by atoms with Crippen molar-refractivity contribution in [2.45, 2.75) is 4.90 Å². The molecule has 0 heterocycles. The summed E-state index contributed by atoms with van der Waals surface area (Å²) in [4.78, 5) is 26.2. The summed E-state index contributed by atoms with van der Waals surface area (Å²) in [5.41, 5.74) is 1.10. The Morgan fingerprint density at radius 2 is 1.76 bits per heavy atom. The van der Waals surface area contributed by atoms with Gasteiger partial charge in [-0.3, -0.25) is 14.3 Å². The lowest BCUT2D eigenvalue weighted by Crippen LogP contribution is -2.35. The molecule has 0 aliphatic heterocycles. The number of sulfonamides is 1. The molecule has 0 unspecified atom stereocenters. The van der Waals surface area contributed by atoms with E-state index in [0.29, 0.717) is 11.3 Å². The molecule has 0 aliphatic carbocycles. The van der Waals surface area contributed by atoms with Gasteiger partial charge in [0, 0.05) is 24.0 Å². The molecule has 3 aromatic rings. The van der Waals surface area contributed by atoms with E-state index in [-0.39, 0.29) is 27.7 Å². The van der Waals surface area contributed by atoms with Gasteiger partial charge in [0.15, 0.2) is 0 Å². The predicted molar refractivity (Wildman–Crippen MR) is 129 cm³/mol. The van der Waals surface area contributed by atoms with Crippen molar-refractivity contribution in [3.05, 3.63) is 88.7 Å². The molecule has 3 aromatic carbocycles. The SMILES string of the molecule is C#Cc1cccc(NC(=O)CN(C)C(=O)c2cc(S(=O)(=O)Nc3ccc(F)cc3)ccc2Cl)c1. The molecule has 34 heavy (non-hydrogen) atoms. The van der Waals surface area contributed by atoms with Crippen LogP contribution in [0.3, 0.4) is 0 Å². The molecule has 0 saturated heterocycles. The second-order valence-corrected chi connectivity index (χ2v) is 9.28. The lowest BCUT2D eigenvalue weighted by atomic mass is 10.2. The molecule has 0 fully saturated rings. The Bertz CT molecular complexity index is 1390. The Kier molecular flexibility index (Phi) is 7.56. The first kappa shape index (κ1) is 24.8. The number of terminal acetylenes is 1. The third-order valence-electron chi connectivity index (χ3n) is 4.62. The van der Waals surface area contributed by atoms with Gasteiger partial charge in [0.05, 0.1) is 22.0 Å². The van der Waals surface area contributed by atoms with Crippen molar-refractivity contribution in [2.24, 2.45) is 0 Å². The van der Waals surface area contributed by atoms with Crippen LogP contribution in [0.15, 0.2) is 71.6 Å². The van der Waals surface area contributed by atoms with Crippen molar-refractivity contribution < 1.29 is 22.4 Å². The number of nitrogens with zero attached hydrogens (tertiary/aromatic N) is 1. The summed E-state index contributed by atoms with van der Waals surface area (Å²) in [6, 6.07) is 15.0. The van der Waals surface area contributed by atoms with E-state index >= 15 is 0 Å². The molecular weight excluding hydrogens is 481 g/mol. The maximum Gasteiger partial charge on any atom is 0.261 e. The fourth-order valence-corrected chi connectivity index (χ4v) is 4.23. The van der Waals surface area contributed by atoms with Gasteiger partial charge in [-0.15, -0.1) is 6.42 Å². The van der Waals surface area contributed by atoms with Crippen molar-refractivity contribution in [1.29, 1.82) is 0 Å². The molecule has 174 valence electrons. The molecule has 0 saturated carbocycles. The fourth-order valence-electron chi connectivity index (χ4n) is 2.95. The van der Waals surface area contributed by atoms with Crippen LogP contribution in [0.25, 0.3) is 0 Å². The van der Waals surface area contributed by atoms with Crippen molar-refractivity contribution in [2.75, 3.05) is 23.6 Å². The Labute approximate surface area is 201 Å². The monoisotopic (exact) mass is 499 g/mol. The number of amides is 2. The van der Waals surface area contributed by atoms with Crippen molar-refractivity contribution >= 4 is 44.8 Å². The minimum atomic E-state index is -4.09. The third kappa shape index (κ3) is 6.13. The Hall–Kier alpha value is -3.87. The average molecular weight is 500 g/mol. The van der Waals surface area contributed by atoms with Crippen LogP contribution in [0.2, 0.25) is 5.02 Å². The van der Waals surface area contributed by atoms with E-state index < -0.39 is 27.7 Å². The Morgan fingerprint density at radius 1 is 1.06 bits per heavy atom. The second kappa shape index (κ2) is 10.4. The number of hydrogen-bond acceptors (Lipinski definition) is 4. The van der Waals surface area contributed by atoms with E-state index in [1.807, 2.05) is 0 Å². The molecule has 2 amide bonds. The first-order valence-electron chi connectivity index (χ1n) is 9.79. The van der Waals surface area contributed by atoms with Gasteiger partial charge in [0.2, 0.25) is 5.91 Å². The highest BCUT2D eigenvalue weighted by atomic mass is 35.5. The number of carbonyl (C=O) groups excluding carboxylic acids is 2. The number of benzene rings is 3. The molecule has 2 N–H and O–H groups in total. The Morgan fingerprint density at radius 3 is 2.44 bits per heavy atom. The zero-order chi connectivity index (χ0) is 24.9. The quantitative estimate of drug-likeness (QED) is 0.481. The van der Waals surface area contributed by atoms with Gasteiger partial charge in [-0.2, -0.15) is 0 Å². The van der Waals surface area contributed by atoms with Gasteiger partial charge in [-0.25, -0.2) is 12.8 Å². The maximum atomic E-state index is 13.1. The smallest absolute Gasteiger partial charge is 0.261 e. The van der Waals surface area contributed by atoms with E-state index in [1.165, 1.54) is 31.3 Å². The molecule has 7 nitrogen and oxygen atoms in total. The highest BCUT2D eigenvalue weighted by Gasteiger charge is 2.22. The highest BCUT2D eigenvalue weighted by Crippen LogP contribution is 2.24. The summed E-state index contributed by atoms with van der Waals surface area (Å²) in [6.45, 7) is -0.319. The van der Waals surface area contributed by atoms with Crippen molar-refractivity contribution in [1.82, 2.24) is 4.90 Å². The summed E-state index contributed by atoms with van der Waals surface area (Å²) in [6.07, 6.45) is 5.35. The van der Waals surface area contributed by atoms with E-state index in [1.54, 1.807) is 24.3 Å². The summed E-state index contributed by atoms with van der Waals surface area (Å²) < 4.78 is 40.8. The van der Waals surface area contributed by atoms with Crippen LogP contribution < -0.4 is 10.0 Å². The van der Waals surface area contributed by atoms with Crippen LogP contribution in [0.4, 0.5) is 15.8 Å². The summed E-state index contributed by atoms with van der Waals surface area (Å²) in [5, 5.41) is 2.66. The zero-order valence-electron chi connectivity index (χ0n) is 17.9. The maximum absolute atomic E-state index is 13.1. The lowest BCUT2D eigenvalue weighted by molar-refractivity contribution is -0.116. The molecule has 0 spiro atoms. The highest BCUT2D eigenvalue weighted by molar-refractivity contribution is 7.92. The van der Waals surface area contributed by atoms with Gasteiger partial charge < -0.3 is 10.2 Å². The number of halogens is 2. The molecular formula is C24H19ClFN3O4S. The third-order valence-corrected chi connectivity index (χ3v) is 6.32. The number of anilines is 2. The van der Waals surface area contributed by atoms with Crippen LogP contribution in [0.5, 0.6) is 0 Å². The van der Waals surface area contributed by atoms with Gasteiger partial charge in [0.25, 0.3) is 15.9 Å². The first-order valence-corrected chi connectivity index (χ1v) is 11.6. The van der Waals surface area contributed by atoms with Gasteiger partial charge in [-0.05, 0) is 60.7 Å². The van der Waals surface area contributed by atoms with Crippen LogP contribution in [0, 0.1) is 18.2 Å². The minimum Gasteiger partial charge on any atom is -0.332 e. The molecule has 0 aromatic heterocycles. The largest absolute Gasteiger partial charge is 0.332 e. The first-order chi connectivity index (χ1) is 16.1. The lowest BCUT2D eigenvalue weighted by Gasteiger charge is -2.18. The van der Waals surface area contributed by atoms with Gasteiger partial charge in [-0.1, -0.05) is 23.6 Å². The van der Waals surface area contributed by atoms with Crippen LogP contribution in [-0.2, 0) is 14.8 Å². The van der Waals surface area contributed by atoms with Crippen molar-refractivity contribution in [3.63, 3.8) is 0 Å². The van der Waals surface area contributed by atoms with E-state index in [4.69, 9.17) is 18.0 Å². The number of nitrogens with one attached hydrogen (secondary N) is 2. The molecule has 10 heteroatoms. The molecule has 3 rings (SSSR count).